The molecule has 5 heteroatoms. The number of rotatable bonds is 5. The van der Waals surface area contributed by atoms with Gasteiger partial charge in [0.2, 0.25) is 0 Å². The van der Waals surface area contributed by atoms with Gasteiger partial charge in [-0.3, -0.25) is 4.90 Å². The number of alkyl halides is 2. The molecule has 3 rings (SSSR count). The summed E-state index contributed by atoms with van der Waals surface area (Å²) < 4.78 is 13.2. The Kier molecular flexibility index (Phi) is 16.8. The molecule has 0 amide bonds. The minimum atomic E-state index is -0.196. The van der Waals surface area contributed by atoms with Gasteiger partial charge in [0.25, 0.3) is 0 Å². The molecule has 0 spiro atoms. The summed E-state index contributed by atoms with van der Waals surface area (Å²) in [5, 5.41) is 3.06. The predicted octanol–water partition coefficient (Wildman–Crippen LogP) is 8.01. The molecular weight excluding hydrogens is 430 g/mol. The molecule has 0 aromatic heterocycles. The number of hydrogen-bond acceptors (Lipinski definition) is 2. The van der Waals surface area contributed by atoms with E-state index in [1.165, 1.54) is 29.1 Å². The van der Waals surface area contributed by atoms with E-state index in [1.807, 2.05) is 59.0 Å². The van der Waals surface area contributed by atoms with Crippen molar-refractivity contribution in [1.29, 1.82) is 0 Å². The Labute approximate surface area is 198 Å². The fraction of sp³-hybridized carbons (Fsp3) is 0.385. The van der Waals surface area contributed by atoms with Crippen molar-refractivity contribution in [1.82, 2.24) is 4.90 Å². The molecule has 1 aliphatic rings. The fourth-order valence-electron chi connectivity index (χ4n) is 3.00. The van der Waals surface area contributed by atoms with Crippen molar-refractivity contribution in [3.63, 3.8) is 0 Å². The highest BCUT2D eigenvalue weighted by Crippen LogP contribution is 2.26. The van der Waals surface area contributed by atoms with E-state index < -0.39 is 0 Å². The summed E-state index contributed by atoms with van der Waals surface area (Å²) in [6, 6.07) is 13.5. The molecule has 1 heterocycles. The third-order valence-electron chi connectivity index (χ3n) is 4.57. The van der Waals surface area contributed by atoms with Crippen molar-refractivity contribution >= 4 is 28.9 Å². The number of anilines is 1. The Bertz CT molecular complexity index is 779. The first kappa shape index (κ1) is 29.2. The zero-order valence-corrected chi connectivity index (χ0v) is 21.2. The van der Waals surface area contributed by atoms with Crippen LogP contribution < -0.4 is 5.32 Å². The van der Waals surface area contributed by atoms with Crippen LogP contribution in [0.25, 0.3) is 0 Å². The number of fused-ring (bicyclic) bond motifs is 1. The normalized spacial score (nSPS) is 12.6. The van der Waals surface area contributed by atoms with Gasteiger partial charge in [0.05, 0.1) is 0 Å². The lowest BCUT2D eigenvalue weighted by atomic mass is 10.1. The smallest absolute Gasteiger partial charge is 0.125 e. The van der Waals surface area contributed by atoms with Gasteiger partial charge in [-0.15, -0.1) is 23.2 Å². The SMILES string of the molecule is C/C=C(C)\C=C/CCl.CC.CCl.CNc1cc(F)ccc1CN1Cc2ccccc2C1. The van der Waals surface area contributed by atoms with Gasteiger partial charge in [-0.25, -0.2) is 4.39 Å². The quantitative estimate of drug-likeness (QED) is 0.354. The average Bonchev–Trinajstić information content (AvgIpc) is 3.24. The van der Waals surface area contributed by atoms with Gasteiger partial charge in [-0.05, 0) is 42.7 Å². The van der Waals surface area contributed by atoms with Crippen LogP contribution in [0.15, 0.2) is 66.3 Å². The first-order chi connectivity index (χ1) is 15.1. The zero-order chi connectivity index (χ0) is 23.6. The number of allylic oxidation sites excluding steroid dienone is 4. The van der Waals surface area contributed by atoms with E-state index in [9.17, 15) is 4.39 Å². The molecule has 2 aromatic rings. The second-order valence-electron chi connectivity index (χ2n) is 6.55. The van der Waals surface area contributed by atoms with Crippen LogP contribution in [0.3, 0.4) is 0 Å². The van der Waals surface area contributed by atoms with Gasteiger partial charge >= 0.3 is 0 Å². The summed E-state index contributed by atoms with van der Waals surface area (Å²) >= 11 is 10.0. The van der Waals surface area contributed by atoms with Gasteiger partial charge in [0, 0.05) is 44.6 Å². The molecule has 0 bridgehead atoms. The second kappa shape index (κ2) is 17.8. The molecular formula is C26H37Cl2FN2. The maximum Gasteiger partial charge on any atom is 0.125 e. The molecule has 2 aromatic carbocycles. The van der Waals surface area contributed by atoms with E-state index in [4.69, 9.17) is 11.6 Å². The number of nitrogens with one attached hydrogen (secondary N) is 1. The zero-order valence-electron chi connectivity index (χ0n) is 19.7. The fourth-order valence-corrected chi connectivity index (χ4v) is 3.09. The molecule has 0 saturated heterocycles. The summed E-state index contributed by atoms with van der Waals surface area (Å²) in [6.07, 6.45) is 7.45. The van der Waals surface area contributed by atoms with E-state index in [1.54, 1.807) is 6.07 Å². The molecule has 0 saturated carbocycles. The Balaban J connectivity index is 0.000000637. The molecule has 2 nitrogen and oxygen atoms in total. The molecule has 172 valence electrons. The van der Waals surface area contributed by atoms with Crippen LogP contribution in [-0.2, 0) is 19.6 Å². The first-order valence-electron chi connectivity index (χ1n) is 10.6. The van der Waals surface area contributed by atoms with E-state index >= 15 is 0 Å². The molecule has 1 aliphatic heterocycles. The Morgan fingerprint density at radius 1 is 1.10 bits per heavy atom. The molecule has 0 aliphatic carbocycles. The summed E-state index contributed by atoms with van der Waals surface area (Å²) in [5.74, 6) is 0.406. The molecule has 0 atom stereocenters. The van der Waals surface area contributed by atoms with Crippen molar-refractivity contribution < 1.29 is 4.39 Å². The summed E-state index contributed by atoms with van der Waals surface area (Å²) in [4.78, 5) is 2.37. The van der Waals surface area contributed by atoms with Gasteiger partial charge < -0.3 is 5.32 Å². The van der Waals surface area contributed by atoms with E-state index in [-0.39, 0.29) is 5.82 Å². The van der Waals surface area contributed by atoms with Gasteiger partial charge in [-0.1, -0.05) is 68.0 Å². The summed E-state index contributed by atoms with van der Waals surface area (Å²) in [5.41, 5.74) is 6.06. The molecule has 0 unspecified atom stereocenters. The monoisotopic (exact) mass is 466 g/mol. The highest BCUT2D eigenvalue weighted by molar-refractivity contribution is 6.18. The predicted molar refractivity (Wildman–Crippen MR) is 138 cm³/mol. The highest BCUT2D eigenvalue weighted by Gasteiger charge is 2.19. The lowest BCUT2D eigenvalue weighted by molar-refractivity contribution is 0.276. The highest BCUT2D eigenvalue weighted by atomic mass is 35.5. The maximum atomic E-state index is 13.2. The second-order valence-corrected chi connectivity index (χ2v) is 6.86. The van der Waals surface area contributed by atoms with Crippen molar-refractivity contribution in [2.24, 2.45) is 0 Å². The van der Waals surface area contributed by atoms with E-state index in [2.05, 4.69) is 46.1 Å². The van der Waals surface area contributed by atoms with Crippen LogP contribution in [0, 0.1) is 5.82 Å². The third-order valence-corrected chi connectivity index (χ3v) is 4.74. The van der Waals surface area contributed by atoms with Gasteiger partial charge in [-0.2, -0.15) is 0 Å². The number of nitrogens with zero attached hydrogens (tertiary/aromatic N) is 1. The molecule has 31 heavy (non-hydrogen) atoms. The Hall–Kier alpha value is -1.81. The van der Waals surface area contributed by atoms with Crippen LogP contribution in [0.4, 0.5) is 10.1 Å². The first-order valence-corrected chi connectivity index (χ1v) is 11.8. The standard InChI is InChI=1S/C16H17FN2.C7H11Cl.C2H6.CH3Cl/c1-18-16-8-15(17)7-6-14(16)11-19-9-12-4-2-3-5-13(12)10-19;1-3-7(2)5-4-6-8;2*1-2/h2-8,18H,9-11H2,1H3;3-5H,6H2,1-2H3;1-2H3;1H3/b;5-4-,7-3-;;. The van der Waals surface area contributed by atoms with Crippen LogP contribution in [-0.4, -0.2) is 24.2 Å². The number of halogens is 3. The summed E-state index contributed by atoms with van der Waals surface area (Å²) in [7, 11) is 1.83. The summed E-state index contributed by atoms with van der Waals surface area (Å²) in [6.45, 7) is 10.8. The molecule has 1 N–H and O–H groups in total. The van der Waals surface area contributed by atoms with Crippen LogP contribution in [0.5, 0.6) is 0 Å². The number of hydrogen-bond donors (Lipinski definition) is 1. The Morgan fingerprint density at radius 3 is 2.16 bits per heavy atom. The lowest BCUT2D eigenvalue weighted by Crippen LogP contribution is -2.16. The maximum absolute atomic E-state index is 13.2. The van der Waals surface area contributed by atoms with Crippen molar-refractivity contribution in [2.45, 2.75) is 47.3 Å². The topological polar surface area (TPSA) is 15.3 Å². The van der Waals surface area contributed by atoms with Crippen molar-refractivity contribution in [2.75, 3.05) is 24.6 Å². The van der Waals surface area contributed by atoms with Crippen LogP contribution in [0.1, 0.15) is 44.4 Å². The molecule has 0 fully saturated rings. The van der Waals surface area contributed by atoms with Gasteiger partial charge in [0.15, 0.2) is 0 Å². The van der Waals surface area contributed by atoms with Crippen LogP contribution in [0.2, 0.25) is 0 Å². The lowest BCUT2D eigenvalue weighted by Gasteiger charge is -2.17. The minimum absolute atomic E-state index is 0.196. The minimum Gasteiger partial charge on any atom is -0.388 e. The van der Waals surface area contributed by atoms with Gasteiger partial charge in [0.1, 0.15) is 5.82 Å². The molecule has 0 radical (unpaired) electrons. The Morgan fingerprint density at radius 2 is 1.68 bits per heavy atom. The van der Waals surface area contributed by atoms with E-state index in [0.29, 0.717) is 5.88 Å². The number of benzene rings is 2. The average molecular weight is 468 g/mol. The third kappa shape index (κ3) is 10.9. The van der Waals surface area contributed by atoms with Crippen molar-refractivity contribution in [3.05, 3.63) is 88.8 Å². The van der Waals surface area contributed by atoms with Crippen molar-refractivity contribution in [3.8, 4) is 0 Å². The largest absolute Gasteiger partial charge is 0.388 e. The van der Waals surface area contributed by atoms with Crippen LogP contribution >= 0.6 is 23.2 Å². The van der Waals surface area contributed by atoms with E-state index in [0.717, 1.165) is 30.9 Å².